The van der Waals surface area contributed by atoms with Crippen LogP contribution in [0.1, 0.15) is 19.8 Å². The van der Waals surface area contributed by atoms with E-state index < -0.39 is 11.4 Å². The average Bonchev–Trinajstić information content (AvgIpc) is 1.81. The van der Waals surface area contributed by atoms with Crippen LogP contribution in [-0.2, 0) is 20.3 Å². The van der Waals surface area contributed by atoms with E-state index in [0.29, 0.717) is 18.6 Å². The Labute approximate surface area is 73.1 Å². The van der Waals surface area contributed by atoms with Crippen molar-refractivity contribution in [3.63, 3.8) is 0 Å². The van der Waals surface area contributed by atoms with E-state index >= 15 is 0 Å². The summed E-state index contributed by atoms with van der Waals surface area (Å²) in [6, 6.07) is 0. The van der Waals surface area contributed by atoms with E-state index in [9.17, 15) is 9.00 Å². The van der Waals surface area contributed by atoms with Crippen molar-refractivity contribution in [3.8, 4) is 0 Å². The van der Waals surface area contributed by atoms with Crippen molar-refractivity contribution in [2.24, 2.45) is 5.92 Å². The maximum Gasteiger partial charge on any atom is 0.357 e. The van der Waals surface area contributed by atoms with E-state index in [1.165, 1.54) is 6.08 Å². The van der Waals surface area contributed by atoms with Crippen molar-refractivity contribution in [2.45, 2.75) is 19.8 Å². The van der Waals surface area contributed by atoms with Gasteiger partial charge in [-0.05, 0) is 5.92 Å². The summed E-state index contributed by atoms with van der Waals surface area (Å²) in [4.78, 5) is 10.9. The van der Waals surface area contributed by atoms with Crippen LogP contribution in [-0.4, -0.2) is 14.5 Å². The molecule has 0 fully saturated rings. The highest BCUT2D eigenvalue weighted by Gasteiger charge is 2.18. The lowest BCUT2D eigenvalue weighted by atomic mass is 9.94. The number of rotatable bonds is 2. The van der Waals surface area contributed by atoms with Crippen LogP contribution in [0.25, 0.3) is 0 Å². The Morgan fingerprint density at radius 1 is 1.67 bits per heavy atom. The van der Waals surface area contributed by atoms with Crippen LogP contribution < -0.4 is 0 Å². The third-order valence-corrected chi connectivity index (χ3v) is 1.96. The molecule has 2 unspecified atom stereocenters. The number of allylic oxidation sites excluding steroid dienone is 2. The van der Waals surface area contributed by atoms with Gasteiger partial charge in [-0.25, -0.2) is 0 Å². The molecule has 1 N–H and O–H groups in total. The monoisotopic (exact) mass is 190 g/mol. The van der Waals surface area contributed by atoms with Gasteiger partial charge in [0, 0.05) is 18.9 Å². The number of hydrogen-bond donors (Lipinski definition) is 1. The summed E-state index contributed by atoms with van der Waals surface area (Å²) in [5.74, 6) is 0.454. The lowest BCUT2D eigenvalue weighted by molar-refractivity contribution is -0.116. The Kier molecular flexibility index (Phi) is 2.99. The van der Waals surface area contributed by atoms with Crippen molar-refractivity contribution in [3.05, 3.63) is 11.8 Å². The zero-order valence-electron chi connectivity index (χ0n) is 6.65. The van der Waals surface area contributed by atoms with Crippen molar-refractivity contribution in [1.29, 1.82) is 0 Å². The standard InChI is InChI=1S/C7H10O4S/c1-5-2-6(8)4-7(3-5)11-12(9)10/h4-5H,2-3H2,1H3,(H,9,10). The van der Waals surface area contributed by atoms with Crippen molar-refractivity contribution >= 4 is 17.1 Å². The summed E-state index contributed by atoms with van der Waals surface area (Å²) >= 11 is -2.31. The first-order valence-electron chi connectivity index (χ1n) is 3.60. The molecule has 0 radical (unpaired) electrons. The minimum Gasteiger partial charge on any atom is -0.385 e. The molecule has 0 amide bonds. The van der Waals surface area contributed by atoms with Gasteiger partial charge in [0.25, 0.3) is 0 Å². The molecular weight excluding hydrogens is 180 g/mol. The van der Waals surface area contributed by atoms with Gasteiger partial charge >= 0.3 is 11.4 Å². The van der Waals surface area contributed by atoms with Gasteiger partial charge in [-0.2, -0.15) is 4.21 Å². The van der Waals surface area contributed by atoms with Gasteiger partial charge in [0.2, 0.25) is 0 Å². The fourth-order valence-corrected chi connectivity index (χ4v) is 1.51. The molecule has 0 heterocycles. The first-order chi connectivity index (χ1) is 5.58. The molecule has 1 aliphatic carbocycles. The predicted octanol–water partition coefficient (Wildman–Crippen LogP) is 1.02. The summed E-state index contributed by atoms with van der Waals surface area (Å²) < 4.78 is 23.1. The average molecular weight is 190 g/mol. The normalized spacial score (nSPS) is 26.3. The molecule has 1 aliphatic rings. The van der Waals surface area contributed by atoms with Crippen LogP contribution in [0.15, 0.2) is 11.8 Å². The van der Waals surface area contributed by atoms with Crippen LogP contribution in [0, 0.1) is 5.92 Å². The molecular formula is C7H10O4S. The Morgan fingerprint density at radius 2 is 2.33 bits per heavy atom. The molecule has 0 saturated carbocycles. The first kappa shape index (κ1) is 9.41. The molecule has 0 aliphatic heterocycles. The van der Waals surface area contributed by atoms with E-state index in [-0.39, 0.29) is 11.7 Å². The molecule has 0 aromatic heterocycles. The van der Waals surface area contributed by atoms with E-state index in [4.69, 9.17) is 4.55 Å². The first-order valence-corrected chi connectivity index (χ1v) is 4.63. The lowest BCUT2D eigenvalue weighted by Crippen LogP contribution is -2.13. The zero-order valence-corrected chi connectivity index (χ0v) is 7.47. The van der Waals surface area contributed by atoms with Gasteiger partial charge in [-0.15, -0.1) is 0 Å². The molecule has 0 spiro atoms. The zero-order chi connectivity index (χ0) is 9.14. The maximum absolute atomic E-state index is 10.9. The van der Waals surface area contributed by atoms with E-state index in [1.807, 2.05) is 6.92 Å². The van der Waals surface area contributed by atoms with Gasteiger partial charge in [-0.3, -0.25) is 9.35 Å². The van der Waals surface area contributed by atoms with Gasteiger partial charge in [0.15, 0.2) is 5.78 Å². The van der Waals surface area contributed by atoms with E-state index in [0.717, 1.165) is 0 Å². The SMILES string of the molecule is CC1CC(=O)C=C(OS(=O)O)C1. The van der Waals surface area contributed by atoms with Gasteiger partial charge in [-0.1, -0.05) is 6.92 Å². The number of carbonyl (C=O) groups excluding carboxylic acids is 1. The number of hydrogen-bond acceptors (Lipinski definition) is 3. The highest BCUT2D eigenvalue weighted by Crippen LogP contribution is 2.22. The smallest absolute Gasteiger partial charge is 0.357 e. The highest BCUT2D eigenvalue weighted by atomic mass is 32.2. The van der Waals surface area contributed by atoms with Crippen LogP contribution in [0.2, 0.25) is 0 Å². The van der Waals surface area contributed by atoms with Crippen LogP contribution in [0.5, 0.6) is 0 Å². The molecule has 0 aromatic carbocycles. The van der Waals surface area contributed by atoms with Gasteiger partial charge in [0.05, 0.1) is 0 Å². The van der Waals surface area contributed by atoms with Crippen molar-refractivity contribution in [2.75, 3.05) is 0 Å². The van der Waals surface area contributed by atoms with E-state index in [2.05, 4.69) is 4.18 Å². The minimum atomic E-state index is -2.31. The fraction of sp³-hybridized carbons (Fsp3) is 0.571. The lowest BCUT2D eigenvalue weighted by Gasteiger charge is -2.15. The quantitative estimate of drug-likeness (QED) is 0.660. The third kappa shape index (κ3) is 2.75. The maximum atomic E-state index is 10.9. The Morgan fingerprint density at radius 3 is 2.83 bits per heavy atom. The third-order valence-electron chi connectivity index (χ3n) is 1.60. The molecule has 12 heavy (non-hydrogen) atoms. The Hall–Kier alpha value is -0.680. The second kappa shape index (κ2) is 3.82. The topological polar surface area (TPSA) is 63.6 Å². The second-order valence-electron chi connectivity index (χ2n) is 2.89. The Balaban J connectivity index is 2.63. The second-order valence-corrected chi connectivity index (χ2v) is 3.49. The van der Waals surface area contributed by atoms with Crippen LogP contribution >= 0.6 is 0 Å². The van der Waals surface area contributed by atoms with Crippen LogP contribution in [0.3, 0.4) is 0 Å². The van der Waals surface area contributed by atoms with Gasteiger partial charge < -0.3 is 4.18 Å². The largest absolute Gasteiger partial charge is 0.385 e. The molecule has 0 saturated heterocycles. The van der Waals surface area contributed by atoms with Crippen molar-refractivity contribution < 1.29 is 17.7 Å². The summed E-state index contributed by atoms with van der Waals surface area (Å²) in [5, 5.41) is 0. The summed E-state index contributed by atoms with van der Waals surface area (Å²) in [5.41, 5.74) is 0. The number of ketones is 1. The highest BCUT2D eigenvalue weighted by molar-refractivity contribution is 7.74. The molecule has 2 atom stereocenters. The molecule has 0 bridgehead atoms. The molecule has 0 aromatic rings. The van der Waals surface area contributed by atoms with Gasteiger partial charge in [0.1, 0.15) is 5.76 Å². The summed E-state index contributed by atoms with van der Waals surface area (Å²) in [6.45, 7) is 1.90. The fourth-order valence-electron chi connectivity index (χ4n) is 1.21. The number of carbonyl (C=O) groups is 1. The molecule has 4 nitrogen and oxygen atoms in total. The molecule has 68 valence electrons. The Bertz CT molecular complexity index is 246. The van der Waals surface area contributed by atoms with E-state index in [1.54, 1.807) is 0 Å². The molecule has 1 rings (SSSR count). The van der Waals surface area contributed by atoms with Crippen LogP contribution in [0.4, 0.5) is 0 Å². The predicted molar refractivity (Wildman–Crippen MR) is 43.3 cm³/mol. The summed E-state index contributed by atoms with van der Waals surface area (Å²) in [6.07, 6.45) is 2.33. The summed E-state index contributed by atoms with van der Waals surface area (Å²) in [7, 11) is 0. The molecule has 5 heteroatoms. The van der Waals surface area contributed by atoms with Crippen molar-refractivity contribution in [1.82, 2.24) is 0 Å². The minimum absolute atomic E-state index is 0.0470.